The van der Waals surface area contributed by atoms with Gasteiger partial charge in [0.1, 0.15) is 0 Å². The third-order valence-electron chi connectivity index (χ3n) is 3.52. The topological polar surface area (TPSA) is 12.0 Å². The third-order valence-corrected chi connectivity index (χ3v) is 4.91. The summed E-state index contributed by atoms with van der Waals surface area (Å²) in [5.74, 6) is 0. The van der Waals surface area contributed by atoms with Crippen LogP contribution in [-0.4, -0.2) is 7.05 Å². The molecule has 2 aromatic carbocycles. The van der Waals surface area contributed by atoms with Crippen molar-refractivity contribution in [3.05, 3.63) is 66.7 Å². The van der Waals surface area contributed by atoms with E-state index in [9.17, 15) is 0 Å². The van der Waals surface area contributed by atoms with Crippen LogP contribution in [-0.2, 0) is 0 Å². The second kappa shape index (κ2) is 6.37. The molecule has 0 spiro atoms. The SMILES string of the molecule is CNC(c1cc(I)ccc1Br)c1cccc(C)c1C. The molecule has 1 N–H and O–H groups in total. The van der Waals surface area contributed by atoms with Gasteiger partial charge >= 0.3 is 0 Å². The van der Waals surface area contributed by atoms with Crippen LogP contribution in [0.3, 0.4) is 0 Å². The molecule has 0 aliphatic carbocycles. The Morgan fingerprint density at radius 2 is 1.84 bits per heavy atom. The van der Waals surface area contributed by atoms with Gasteiger partial charge < -0.3 is 5.32 Å². The lowest BCUT2D eigenvalue weighted by molar-refractivity contribution is 0.683. The summed E-state index contributed by atoms with van der Waals surface area (Å²) in [4.78, 5) is 0. The molecule has 2 aromatic rings. The summed E-state index contributed by atoms with van der Waals surface area (Å²) in [6, 6.07) is 13.2. The van der Waals surface area contributed by atoms with Crippen LogP contribution in [0, 0.1) is 17.4 Å². The van der Waals surface area contributed by atoms with Crippen molar-refractivity contribution in [2.75, 3.05) is 7.05 Å². The molecule has 0 fully saturated rings. The second-order valence-corrected chi connectivity index (χ2v) is 6.78. The van der Waals surface area contributed by atoms with Gasteiger partial charge in [-0.2, -0.15) is 0 Å². The summed E-state index contributed by atoms with van der Waals surface area (Å²) < 4.78 is 2.40. The first-order valence-corrected chi connectivity index (χ1v) is 8.10. The van der Waals surface area contributed by atoms with Crippen molar-refractivity contribution in [1.82, 2.24) is 5.32 Å². The van der Waals surface area contributed by atoms with Crippen molar-refractivity contribution in [2.24, 2.45) is 0 Å². The lowest BCUT2D eigenvalue weighted by atomic mass is 9.93. The van der Waals surface area contributed by atoms with E-state index < -0.39 is 0 Å². The Kier molecular flexibility index (Phi) is 5.03. The van der Waals surface area contributed by atoms with Gasteiger partial charge in [-0.05, 0) is 83.9 Å². The van der Waals surface area contributed by atoms with E-state index in [0.29, 0.717) is 0 Å². The van der Waals surface area contributed by atoms with E-state index in [-0.39, 0.29) is 6.04 Å². The summed E-state index contributed by atoms with van der Waals surface area (Å²) >= 11 is 6.03. The highest BCUT2D eigenvalue weighted by Crippen LogP contribution is 2.32. The summed E-state index contributed by atoms with van der Waals surface area (Å²) in [5, 5.41) is 3.44. The molecule has 1 nitrogen and oxygen atoms in total. The normalized spacial score (nSPS) is 12.5. The lowest BCUT2D eigenvalue weighted by Crippen LogP contribution is -2.19. The van der Waals surface area contributed by atoms with Gasteiger partial charge in [-0.1, -0.05) is 34.1 Å². The van der Waals surface area contributed by atoms with Crippen molar-refractivity contribution in [1.29, 1.82) is 0 Å². The molecule has 19 heavy (non-hydrogen) atoms. The zero-order valence-corrected chi connectivity index (χ0v) is 15.0. The summed E-state index contributed by atoms with van der Waals surface area (Å²) in [7, 11) is 2.01. The fraction of sp³-hybridized carbons (Fsp3) is 0.250. The smallest absolute Gasteiger partial charge is 0.0588 e. The van der Waals surface area contributed by atoms with Gasteiger partial charge in [0.25, 0.3) is 0 Å². The molecule has 0 saturated heterocycles. The van der Waals surface area contributed by atoms with E-state index in [1.54, 1.807) is 0 Å². The van der Waals surface area contributed by atoms with Gasteiger partial charge in [0.05, 0.1) is 6.04 Å². The molecule has 0 aromatic heterocycles. The van der Waals surface area contributed by atoms with E-state index in [2.05, 4.69) is 94.1 Å². The van der Waals surface area contributed by atoms with E-state index in [1.165, 1.54) is 25.8 Å². The number of hydrogen-bond acceptors (Lipinski definition) is 1. The van der Waals surface area contributed by atoms with Crippen molar-refractivity contribution < 1.29 is 0 Å². The third kappa shape index (κ3) is 3.20. The summed E-state index contributed by atoms with van der Waals surface area (Å²) in [6.45, 7) is 4.35. The minimum atomic E-state index is 0.212. The van der Waals surface area contributed by atoms with Crippen LogP contribution >= 0.6 is 38.5 Å². The Labute approximate surface area is 137 Å². The summed E-state index contributed by atoms with van der Waals surface area (Å²) in [6.07, 6.45) is 0. The number of nitrogens with one attached hydrogen (secondary N) is 1. The highest BCUT2D eigenvalue weighted by Gasteiger charge is 2.17. The molecule has 0 heterocycles. The first-order chi connectivity index (χ1) is 9.04. The largest absolute Gasteiger partial charge is 0.309 e. The molecule has 3 heteroatoms. The average molecular weight is 430 g/mol. The maximum Gasteiger partial charge on any atom is 0.0588 e. The zero-order valence-electron chi connectivity index (χ0n) is 11.3. The molecule has 0 amide bonds. The van der Waals surface area contributed by atoms with Crippen LogP contribution < -0.4 is 5.32 Å². The van der Waals surface area contributed by atoms with Gasteiger partial charge in [0.2, 0.25) is 0 Å². The van der Waals surface area contributed by atoms with E-state index in [4.69, 9.17) is 0 Å². The number of rotatable bonds is 3. The Balaban J connectivity index is 2.56. The molecular weight excluding hydrogens is 413 g/mol. The van der Waals surface area contributed by atoms with Gasteiger partial charge in [0.15, 0.2) is 0 Å². The quantitative estimate of drug-likeness (QED) is 0.678. The van der Waals surface area contributed by atoms with Crippen LogP contribution in [0.15, 0.2) is 40.9 Å². The highest BCUT2D eigenvalue weighted by atomic mass is 127. The standard InChI is InChI=1S/C16H17BrIN/c1-10-5-4-6-13(11(10)2)16(19-3)14-9-12(18)7-8-15(14)17/h4-9,16,19H,1-3H3. The van der Waals surface area contributed by atoms with Gasteiger partial charge in [-0.15, -0.1) is 0 Å². The minimum Gasteiger partial charge on any atom is -0.309 e. The van der Waals surface area contributed by atoms with Crippen LogP contribution in [0.5, 0.6) is 0 Å². The summed E-state index contributed by atoms with van der Waals surface area (Å²) in [5.41, 5.74) is 5.31. The van der Waals surface area contributed by atoms with Gasteiger partial charge in [-0.3, -0.25) is 0 Å². The van der Waals surface area contributed by atoms with E-state index in [0.717, 1.165) is 4.47 Å². The molecule has 0 bridgehead atoms. The molecule has 2 rings (SSSR count). The predicted molar refractivity (Wildman–Crippen MR) is 93.7 cm³/mol. The van der Waals surface area contributed by atoms with Crippen molar-refractivity contribution in [3.8, 4) is 0 Å². The fourth-order valence-electron chi connectivity index (χ4n) is 2.30. The first kappa shape index (κ1) is 15.0. The second-order valence-electron chi connectivity index (χ2n) is 4.68. The number of halogens is 2. The fourth-order valence-corrected chi connectivity index (χ4v) is 3.29. The maximum absolute atomic E-state index is 3.67. The van der Waals surface area contributed by atoms with Gasteiger partial charge in [0, 0.05) is 8.04 Å². The van der Waals surface area contributed by atoms with Gasteiger partial charge in [-0.25, -0.2) is 0 Å². The number of benzene rings is 2. The molecule has 0 aliphatic rings. The van der Waals surface area contributed by atoms with Crippen LogP contribution in [0.1, 0.15) is 28.3 Å². The Morgan fingerprint density at radius 1 is 1.11 bits per heavy atom. The monoisotopic (exact) mass is 429 g/mol. The van der Waals surface area contributed by atoms with Crippen molar-refractivity contribution in [3.63, 3.8) is 0 Å². The molecular formula is C16H17BrIN. The Morgan fingerprint density at radius 3 is 2.53 bits per heavy atom. The van der Waals surface area contributed by atoms with Crippen LogP contribution in [0.2, 0.25) is 0 Å². The zero-order chi connectivity index (χ0) is 14.0. The average Bonchev–Trinajstić information content (AvgIpc) is 2.39. The van der Waals surface area contributed by atoms with Crippen molar-refractivity contribution in [2.45, 2.75) is 19.9 Å². The molecule has 0 radical (unpaired) electrons. The minimum absolute atomic E-state index is 0.212. The highest BCUT2D eigenvalue weighted by molar-refractivity contribution is 14.1. The maximum atomic E-state index is 3.67. The Bertz CT molecular complexity index is 593. The predicted octanol–water partition coefficient (Wildman–Crippen LogP) is 4.98. The van der Waals surface area contributed by atoms with Crippen molar-refractivity contribution >= 4 is 38.5 Å². The molecule has 1 atom stereocenters. The van der Waals surface area contributed by atoms with E-state index >= 15 is 0 Å². The Hall–Kier alpha value is -0.390. The first-order valence-electron chi connectivity index (χ1n) is 6.23. The van der Waals surface area contributed by atoms with E-state index in [1.807, 2.05) is 7.05 Å². The number of aryl methyl sites for hydroxylation is 1. The molecule has 0 saturated carbocycles. The molecule has 100 valence electrons. The van der Waals surface area contributed by atoms with Crippen LogP contribution in [0.4, 0.5) is 0 Å². The number of hydrogen-bond donors (Lipinski definition) is 1. The molecule has 1 unspecified atom stereocenters. The van der Waals surface area contributed by atoms with Crippen LogP contribution in [0.25, 0.3) is 0 Å². The lowest BCUT2D eigenvalue weighted by Gasteiger charge is -2.22. The molecule has 0 aliphatic heterocycles.